The number of nitrogens with zero attached hydrogens (tertiary/aromatic N) is 3. The zero-order chi connectivity index (χ0) is 18.6. The summed E-state index contributed by atoms with van der Waals surface area (Å²) in [4.78, 5) is 17.3. The molecule has 1 aliphatic heterocycles. The SMILES string of the molecule is COc1cccc(C2=NN(C(=O)c3ccccc3)C(c3cccnc3)C2)c1. The summed E-state index contributed by atoms with van der Waals surface area (Å²) in [5, 5.41) is 6.26. The molecule has 3 aromatic rings. The van der Waals surface area contributed by atoms with Gasteiger partial charge in [0.05, 0.1) is 18.9 Å². The molecule has 1 aromatic heterocycles. The minimum absolute atomic E-state index is 0.123. The number of benzene rings is 2. The molecule has 0 bridgehead atoms. The van der Waals surface area contributed by atoms with Gasteiger partial charge >= 0.3 is 0 Å². The molecule has 1 aliphatic rings. The number of ether oxygens (including phenoxy) is 1. The standard InChI is InChI=1S/C22H19N3O2/c1-27-19-11-5-9-17(13-19)20-14-21(18-10-6-12-23-15-18)25(24-20)22(26)16-7-3-2-4-8-16/h2-13,15,21H,14H2,1H3. The first kappa shape index (κ1) is 17.0. The van der Waals surface area contributed by atoms with Crippen molar-refractivity contribution in [2.24, 2.45) is 5.10 Å². The van der Waals surface area contributed by atoms with Gasteiger partial charge < -0.3 is 4.74 Å². The maximum absolute atomic E-state index is 13.1. The van der Waals surface area contributed by atoms with E-state index in [4.69, 9.17) is 4.74 Å². The van der Waals surface area contributed by atoms with Crippen molar-refractivity contribution in [3.05, 3.63) is 95.8 Å². The first-order valence-electron chi connectivity index (χ1n) is 8.76. The number of methoxy groups -OCH3 is 1. The van der Waals surface area contributed by atoms with Gasteiger partial charge in [0, 0.05) is 29.9 Å². The third-order valence-corrected chi connectivity index (χ3v) is 4.61. The van der Waals surface area contributed by atoms with E-state index >= 15 is 0 Å². The minimum atomic E-state index is -0.187. The van der Waals surface area contributed by atoms with E-state index in [1.807, 2.05) is 66.7 Å². The van der Waals surface area contributed by atoms with E-state index in [0.29, 0.717) is 12.0 Å². The summed E-state index contributed by atoms with van der Waals surface area (Å²) < 4.78 is 5.32. The highest BCUT2D eigenvalue weighted by atomic mass is 16.5. The predicted molar refractivity (Wildman–Crippen MR) is 104 cm³/mol. The van der Waals surface area contributed by atoms with Crippen molar-refractivity contribution in [3.8, 4) is 5.75 Å². The van der Waals surface area contributed by atoms with Crippen molar-refractivity contribution in [3.63, 3.8) is 0 Å². The summed E-state index contributed by atoms with van der Waals surface area (Å²) in [6, 6.07) is 20.6. The maximum Gasteiger partial charge on any atom is 0.274 e. The Morgan fingerprint density at radius 2 is 1.93 bits per heavy atom. The van der Waals surface area contributed by atoms with Crippen molar-refractivity contribution in [2.45, 2.75) is 12.5 Å². The van der Waals surface area contributed by atoms with E-state index in [1.165, 1.54) is 0 Å². The Bertz CT molecular complexity index is 971. The lowest BCUT2D eigenvalue weighted by atomic mass is 9.99. The number of hydrogen-bond acceptors (Lipinski definition) is 4. The molecular weight excluding hydrogens is 338 g/mol. The van der Waals surface area contributed by atoms with Gasteiger partial charge in [-0.15, -0.1) is 0 Å². The summed E-state index contributed by atoms with van der Waals surface area (Å²) in [7, 11) is 1.64. The smallest absolute Gasteiger partial charge is 0.274 e. The Morgan fingerprint density at radius 1 is 1.07 bits per heavy atom. The summed E-state index contributed by atoms with van der Waals surface area (Å²) in [5.74, 6) is 0.642. The lowest BCUT2D eigenvalue weighted by Crippen LogP contribution is -2.27. The molecule has 134 valence electrons. The van der Waals surface area contributed by atoms with Crippen LogP contribution >= 0.6 is 0 Å². The monoisotopic (exact) mass is 357 g/mol. The molecule has 0 radical (unpaired) electrons. The molecule has 0 saturated carbocycles. The molecule has 1 atom stereocenters. The molecule has 5 heteroatoms. The fourth-order valence-corrected chi connectivity index (χ4v) is 3.22. The van der Waals surface area contributed by atoms with Crippen LogP contribution in [0.2, 0.25) is 0 Å². The van der Waals surface area contributed by atoms with Crippen LogP contribution in [0.25, 0.3) is 0 Å². The number of hydrazone groups is 1. The van der Waals surface area contributed by atoms with Crippen LogP contribution < -0.4 is 4.74 Å². The van der Waals surface area contributed by atoms with E-state index < -0.39 is 0 Å². The molecule has 4 rings (SSSR count). The van der Waals surface area contributed by atoms with Crippen molar-refractivity contribution in [1.82, 2.24) is 9.99 Å². The van der Waals surface area contributed by atoms with Gasteiger partial charge in [-0.3, -0.25) is 9.78 Å². The summed E-state index contributed by atoms with van der Waals surface area (Å²) in [6.07, 6.45) is 4.14. The summed E-state index contributed by atoms with van der Waals surface area (Å²) in [5.41, 5.74) is 3.38. The number of carbonyl (C=O) groups excluding carboxylic acids is 1. The van der Waals surface area contributed by atoms with Gasteiger partial charge in [-0.2, -0.15) is 5.10 Å². The fraction of sp³-hybridized carbons (Fsp3) is 0.136. The second-order valence-corrected chi connectivity index (χ2v) is 6.30. The third kappa shape index (κ3) is 3.44. The first-order chi connectivity index (χ1) is 13.3. The largest absolute Gasteiger partial charge is 0.497 e. The highest BCUT2D eigenvalue weighted by molar-refractivity contribution is 6.05. The third-order valence-electron chi connectivity index (χ3n) is 4.61. The number of carbonyl (C=O) groups is 1. The normalized spacial score (nSPS) is 16.1. The van der Waals surface area contributed by atoms with Crippen molar-refractivity contribution < 1.29 is 9.53 Å². The topological polar surface area (TPSA) is 54.8 Å². The average molecular weight is 357 g/mol. The van der Waals surface area contributed by atoms with Crippen LogP contribution in [0.5, 0.6) is 5.75 Å². The van der Waals surface area contributed by atoms with Crippen LogP contribution in [0.1, 0.15) is 33.9 Å². The Balaban J connectivity index is 1.73. The first-order valence-corrected chi connectivity index (χ1v) is 8.76. The highest BCUT2D eigenvalue weighted by Crippen LogP contribution is 2.34. The lowest BCUT2D eigenvalue weighted by molar-refractivity contribution is 0.0711. The molecule has 0 N–H and O–H groups in total. The quantitative estimate of drug-likeness (QED) is 0.707. The highest BCUT2D eigenvalue weighted by Gasteiger charge is 2.33. The van der Waals surface area contributed by atoms with Crippen LogP contribution in [0.3, 0.4) is 0 Å². The van der Waals surface area contributed by atoms with Crippen LogP contribution in [-0.4, -0.2) is 28.7 Å². The van der Waals surface area contributed by atoms with Crippen molar-refractivity contribution in [2.75, 3.05) is 7.11 Å². The maximum atomic E-state index is 13.1. The van der Waals surface area contributed by atoms with Gasteiger partial charge in [0.25, 0.3) is 5.91 Å². The molecule has 0 saturated heterocycles. The second-order valence-electron chi connectivity index (χ2n) is 6.30. The van der Waals surface area contributed by atoms with E-state index in [9.17, 15) is 4.79 Å². The van der Waals surface area contributed by atoms with Crippen molar-refractivity contribution >= 4 is 11.6 Å². The molecule has 2 heterocycles. The molecular formula is C22H19N3O2. The minimum Gasteiger partial charge on any atom is -0.497 e. The fourth-order valence-electron chi connectivity index (χ4n) is 3.22. The Kier molecular flexibility index (Phi) is 4.66. The number of aromatic nitrogens is 1. The van der Waals surface area contributed by atoms with Gasteiger partial charge in [0.15, 0.2) is 0 Å². The van der Waals surface area contributed by atoms with Crippen LogP contribution in [0, 0.1) is 0 Å². The molecule has 2 aromatic carbocycles. The van der Waals surface area contributed by atoms with Crippen LogP contribution in [0.4, 0.5) is 0 Å². The van der Waals surface area contributed by atoms with Crippen LogP contribution in [0.15, 0.2) is 84.2 Å². The molecule has 5 nitrogen and oxygen atoms in total. The van der Waals surface area contributed by atoms with Gasteiger partial charge in [-0.1, -0.05) is 36.4 Å². The van der Waals surface area contributed by atoms with E-state index in [1.54, 1.807) is 24.5 Å². The summed E-state index contributed by atoms with van der Waals surface area (Å²) >= 11 is 0. The molecule has 27 heavy (non-hydrogen) atoms. The Labute approximate surface area is 157 Å². The average Bonchev–Trinajstić information content (AvgIpc) is 3.20. The Hall–Kier alpha value is -3.47. The van der Waals surface area contributed by atoms with E-state index in [-0.39, 0.29) is 11.9 Å². The molecule has 1 unspecified atom stereocenters. The van der Waals surface area contributed by atoms with E-state index in [0.717, 1.165) is 22.6 Å². The number of pyridine rings is 1. The predicted octanol–water partition coefficient (Wildman–Crippen LogP) is 4.08. The molecule has 0 aliphatic carbocycles. The zero-order valence-corrected chi connectivity index (χ0v) is 14.9. The number of rotatable bonds is 4. The van der Waals surface area contributed by atoms with E-state index in [2.05, 4.69) is 10.1 Å². The second kappa shape index (κ2) is 7.41. The van der Waals surface area contributed by atoms with Gasteiger partial charge in [-0.05, 0) is 35.9 Å². The lowest BCUT2D eigenvalue weighted by Gasteiger charge is -2.21. The number of amides is 1. The zero-order valence-electron chi connectivity index (χ0n) is 14.9. The van der Waals surface area contributed by atoms with Crippen molar-refractivity contribution in [1.29, 1.82) is 0 Å². The Morgan fingerprint density at radius 3 is 2.67 bits per heavy atom. The molecule has 0 fully saturated rings. The van der Waals surface area contributed by atoms with Gasteiger partial charge in [0.1, 0.15) is 5.75 Å². The summed E-state index contributed by atoms with van der Waals surface area (Å²) in [6.45, 7) is 0. The van der Waals surface area contributed by atoms with Gasteiger partial charge in [0.2, 0.25) is 0 Å². The molecule has 1 amide bonds. The van der Waals surface area contributed by atoms with Gasteiger partial charge in [-0.25, -0.2) is 5.01 Å². The number of hydrogen-bond donors (Lipinski definition) is 0. The van der Waals surface area contributed by atoms with Crippen LogP contribution in [-0.2, 0) is 0 Å². The molecule has 0 spiro atoms.